The van der Waals surface area contributed by atoms with Crippen molar-refractivity contribution in [3.8, 4) is 0 Å². The Morgan fingerprint density at radius 3 is 2.71 bits per heavy atom. The maximum absolute atomic E-state index is 12.0. The minimum absolute atomic E-state index is 0.232. The standard InChI is InChI=1S/C17H22ClN5O/c1-23(2)9-8-19-16-12-21-15(11-22-16)17(24)20-7-6-13-4-3-5-14(18)10-13/h3-5,10-12H,6-9H2,1-2H3,(H,19,22)(H,20,24). The number of aromatic nitrogens is 2. The Hall–Kier alpha value is -2.18. The molecule has 0 saturated heterocycles. The highest BCUT2D eigenvalue weighted by Crippen LogP contribution is 2.10. The first-order valence-electron chi connectivity index (χ1n) is 7.78. The second-order valence-corrected chi connectivity index (χ2v) is 6.09. The van der Waals surface area contributed by atoms with Crippen LogP contribution in [0.4, 0.5) is 5.82 Å². The number of hydrogen-bond donors (Lipinski definition) is 2. The van der Waals surface area contributed by atoms with E-state index in [2.05, 4.69) is 25.5 Å². The zero-order valence-electron chi connectivity index (χ0n) is 13.9. The summed E-state index contributed by atoms with van der Waals surface area (Å²) in [4.78, 5) is 22.5. The molecule has 0 aliphatic rings. The highest BCUT2D eigenvalue weighted by molar-refractivity contribution is 6.30. The molecule has 0 radical (unpaired) electrons. The predicted molar refractivity (Wildman–Crippen MR) is 96.6 cm³/mol. The van der Waals surface area contributed by atoms with E-state index in [4.69, 9.17) is 11.6 Å². The Morgan fingerprint density at radius 2 is 2.04 bits per heavy atom. The van der Waals surface area contributed by atoms with Crippen LogP contribution in [0.5, 0.6) is 0 Å². The second-order valence-electron chi connectivity index (χ2n) is 5.65. The Kier molecular flexibility index (Phi) is 6.96. The van der Waals surface area contributed by atoms with Gasteiger partial charge in [-0.05, 0) is 38.2 Å². The van der Waals surface area contributed by atoms with Gasteiger partial charge < -0.3 is 15.5 Å². The molecule has 0 atom stereocenters. The topological polar surface area (TPSA) is 70.2 Å². The van der Waals surface area contributed by atoms with Crippen LogP contribution < -0.4 is 10.6 Å². The van der Waals surface area contributed by atoms with Crippen molar-refractivity contribution in [2.45, 2.75) is 6.42 Å². The molecule has 2 N–H and O–H groups in total. The number of halogens is 1. The lowest BCUT2D eigenvalue weighted by Crippen LogP contribution is -2.27. The number of nitrogens with zero attached hydrogens (tertiary/aromatic N) is 3. The van der Waals surface area contributed by atoms with Crippen molar-refractivity contribution in [1.29, 1.82) is 0 Å². The maximum Gasteiger partial charge on any atom is 0.271 e. The number of carbonyl (C=O) groups excluding carboxylic acids is 1. The zero-order chi connectivity index (χ0) is 17.4. The summed E-state index contributed by atoms with van der Waals surface area (Å²) in [7, 11) is 4.01. The summed E-state index contributed by atoms with van der Waals surface area (Å²) in [6.45, 7) is 2.18. The number of amides is 1. The van der Waals surface area contributed by atoms with Gasteiger partial charge in [0.25, 0.3) is 5.91 Å². The molecule has 0 saturated carbocycles. The molecule has 1 aromatic carbocycles. The molecule has 1 amide bonds. The van der Waals surface area contributed by atoms with E-state index in [9.17, 15) is 4.79 Å². The molecule has 24 heavy (non-hydrogen) atoms. The molecule has 0 aliphatic carbocycles. The van der Waals surface area contributed by atoms with E-state index in [0.29, 0.717) is 29.5 Å². The summed E-state index contributed by atoms with van der Waals surface area (Å²) in [5.41, 5.74) is 1.38. The predicted octanol–water partition coefficient (Wildman–Crippen LogP) is 2.08. The Bertz CT molecular complexity index is 660. The van der Waals surface area contributed by atoms with Crippen LogP contribution in [0.2, 0.25) is 5.02 Å². The Labute approximate surface area is 147 Å². The molecule has 1 aromatic heterocycles. The van der Waals surface area contributed by atoms with Crippen LogP contribution in [-0.2, 0) is 6.42 Å². The number of rotatable bonds is 8. The minimum Gasteiger partial charge on any atom is -0.368 e. The highest BCUT2D eigenvalue weighted by atomic mass is 35.5. The summed E-state index contributed by atoms with van der Waals surface area (Å²) in [6.07, 6.45) is 3.76. The SMILES string of the molecule is CN(C)CCNc1cnc(C(=O)NCCc2cccc(Cl)c2)cn1. The Morgan fingerprint density at radius 1 is 1.21 bits per heavy atom. The molecule has 0 spiro atoms. The molecule has 0 unspecified atom stereocenters. The van der Waals surface area contributed by atoms with Gasteiger partial charge in [-0.3, -0.25) is 4.79 Å². The average molecular weight is 348 g/mol. The second kappa shape index (κ2) is 9.20. The van der Waals surface area contributed by atoms with Gasteiger partial charge in [0.05, 0.1) is 12.4 Å². The number of nitrogens with one attached hydrogen (secondary N) is 2. The van der Waals surface area contributed by atoms with Crippen molar-refractivity contribution >= 4 is 23.3 Å². The lowest BCUT2D eigenvalue weighted by molar-refractivity contribution is 0.0949. The monoisotopic (exact) mass is 347 g/mol. The lowest BCUT2D eigenvalue weighted by atomic mass is 10.1. The number of hydrogen-bond acceptors (Lipinski definition) is 5. The molecule has 1 heterocycles. The van der Waals surface area contributed by atoms with Gasteiger partial charge in [0.2, 0.25) is 0 Å². The first kappa shape index (κ1) is 18.2. The largest absolute Gasteiger partial charge is 0.368 e. The summed E-state index contributed by atoms with van der Waals surface area (Å²) >= 11 is 5.94. The summed E-state index contributed by atoms with van der Waals surface area (Å²) in [5, 5.41) is 6.68. The maximum atomic E-state index is 12.0. The lowest BCUT2D eigenvalue weighted by Gasteiger charge is -2.10. The van der Waals surface area contributed by atoms with Crippen LogP contribution in [0.15, 0.2) is 36.7 Å². The summed E-state index contributed by atoms with van der Waals surface area (Å²) in [5.74, 6) is 0.427. The first-order chi connectivity index (χ1) is 11.5. The van der Waals surface area contributed by atoms with E-state index in [1.807, 2.05) is 38.4 Å². The van der Waals surface area contributed by atoms with E-state index in [-0.39, 0.29) is 5.91 Å². The van der Waals surface area contributed by atoms with E-state index in [0.717, 1.165) is 18.7 Å². The number of anilines is 1. The van der Waals surface area contributed by atoms with Crippen molar-refractivity contribution in [2.75, 3.05) is 39.0 Å². The highest BCUT2D eigenvalue weighted by Gasteiger charge is 2.07. The first-order valence-corrected chi connectivity index (χ1v) is 8.15. The fraction of sp³-hybridized carbons (Fsp3) is 0.353. The van der Waals surface area contributed by atoms with Crippen LogP contribution in [0.3, 0.4) is 0 Å². The fourth-order valence-corrected chi connectivity index (χ4v) is 2.26. The number of benzene rings is 1. The molecular formula is C17H22ClN5O. The van der Waals surface area contributed by atoms with Crippen LogP contribution in [0.25, 0.3) is 0 Å². The van der Waals surface area contributed by atoms with Crippen molar-refractivity contribution in [1.82, 2.24) is 20.2 Å². The van der Waals surface area contributed by atoms with Gasteiger partial charge in [-0.15, -0.1) is 0 Å². The van der Waals surface area contributed by atoms with Crippen LogP contribution >= 0.6 is 11.6 Å². The van der Waals surface area contributed by atoms with Crippen molar-refractivity contribution in [3.05, 3.63) is 52.9 Å². The van der Waals surface area contributed by atoms with Crippen molar-refractivity contribution < 1.29 is 4.79 Å². The Balaban J connectivity index is 1.77. The van der Waals surface area contributed by atoms with E-state index < -0.39 is 0 Å². The normalized spacial score (nSPS) is 10.7. The third kappa shape index (κ3) is 6.14. The molecule has 7 heteroatoms. The smallest absolute Gasteiger partial charge is 0.271 e. The zero-order valence-corrected chi connectivity index (χ0v) is 14.7. The molecule has 0 bridgehead atoms. The van der Waals surface area contributed by atoms with Gasteiger partial charge in [0.1, 0.15) is 11.5 Å². The van der Waals surface area contributed by atoms with Gasteiger partial charge in [0, 0.05) is 24.7 Å². The molecule has 2 aromatic rings. The fourth-order valence-electron chi connectivity index (χ4n) is 2.05. The van der Waals surface area contributed by atoms with Gasteiger partial charge in [-0.25, -0.2) is 9.97 Å². The molecular weight excluding hydrogens is 326 g/mol. The third-order valence-corrected chi connectivity index (χ3v) is 3.57. The minimum atomic E-state index is -0.232. The van der Waals surface area contributed by atoms with Crippen LogP contribution in [-0.4, -0.2) is 54.5 Å². The van der Waals surface area contributed by atoms with Gasteiger partial charge in [-0.1, -0.05) is 23.7 Å². The quantitative estimate of drug-likeness (QED) is 0.765. The molecule has 128 valence electrons. The molecule has 0 aliphatic heterocycles. The molecule has 2 rings (SSSR count). The summed E-state index contributed by atoms with van der Waals surface area (Å²) < 4.78 is 0. The van der Waals surface area contributed by atoms with E-state index >= 15 is 0 Å². The number of likely N-dealkylation sites (N-methyl/N-ethyl adjacent to an activating group) is 1. The van der Waals surface area contributed by atoms with Crippen molar-refractivity contribution in [2.24, 2.45) is 0 Å². The van der Waals surface area contributed by atoms with Crippen LogP contribution in [0, 0.1) is 0 Å². The van der Waals surface area contributed by atoms with E-state index in [1.54, 1.807) is 6.20 Å². The van der Waals surface area contributed by atoms with E-state index in [1.165, 1.54) is 6.20 Å². The third-order valence-electron chi connectivity index (χ3n) is 3.34. The molecule has 6 nitrogen and oxygen atoms in total. The van der Waals surface area contributed by atoms with Gasteiger partial charge >= 0.3 is 0 Å². The van der Waals surface area contributed by atoms with Crippen LogP contribution in [0.1, 0.15) is 16.1 Å². The summed E-state index contributed by atoms with van der Waals surface area (Å²) in [6, 6.07) is 7.59. The molecule has 0 fully saturated rings. The van der Waals surface area contributed by atoms with Crippen molar-refractivity contribution in [3.63, 3.8) is 0 Å². The number of carbonyl (C=O) groups is 1. The average Bonchev–Trinajstić information content (AvgIpc) is 2.55. The van der Waals surface area contributed by atoms with Gasteiger partial charge in [-0.2, -0.15) is 0 Å². The van der Waals surface area contributed by atoms with Gasteiger partial charge in [0.15, 0.2) is 0 Å².